The fourth-order valence-electron chi connectivity index (χ4n) is 8.73. The third kappa shape index (κ3) is 54.3. The van der Waals surface area contributed by atoms with Crippen molar-refractivity contribution in [2.45, 2.75) is 302 Å². The first-order valence-electron chi connectivity index (χ1n) is 28.8. The predicted octanol–water partition coefficient (Wildman–Crippen LogP) is 17.3. The van der Waals surface area contributed by atoms with E-state index in [2.05, 4.69) is 13.8 Å². The maximum Gasteiger partial charge on any atom is 0.306 e. The quantitative estimate of drug-likeness (QED) is 0.0259. The van der Waals surface area contributed by atoms with E-state index in [1.54, 1.807) is 0 Å². The number of carbonyl (C=O) groups is 1. The number of phosphoric ester groups is 1. The number of carbonyl (C=O) groups excluding carboxylic acids is 1. The molecule has 0 aliphatic carbocycles. The molecule has 0 aliphatic heterocycles. The summed E-state index contributed by atoms with van der Waals surface area (Å²) in [5, 5.41) is 0. The van der Waals surface area contributed by atoms with Gasteiger partial charge in [0.05, 0.1) is 34.4 Å². The van der Waals surface area contributed by atoms with Crippen molar-refractivity contribution in [3.05, 3.63) is 0 Å². The molecule has 0 N–H and O–H groups in total. The number of phosphoric acid groups is 1. The molecule has 0 spiro atoms. The summed E-state index contributed by atoms with van der Waals surface area (Å²) < 4.78 is 34.9. The molecular formula is C56H114NO7P. The van der Waals surface area contributed by atoms with Gasteiger partial charge in [-0.25, -0.2) is 0 Å². The van der Waals surface area contributed by atoms with Gasteiger partial charge in [0.1, 0.15) is 19.3 Å². The van der Waals surface area contributed by atoms with Gasteiger partial charge in [-0.3, -0.25) is 9.36 Å². The Labute approximate surface area is 406 Å². The molecule has 0 radical (unpaired) electrons. The summed E-state index contributed by atoms with van der Waals surface area (Å²) in [4.78, 5) is 25.2. The minimum Gasteiger partial charge on any atom is -0.756 e. The zero-order chi connectivity index (χ0) is 47.6. The number of hydrogen-bond acceptors (Lipinski definition) is 7. The topological polar surface area (TPSA) is 94.1 Å². The van der Waals surface area contributed by atoms with Crippen molar-refractivity contribution in [2.24, 2.45) is 0 Å². The van der Waals surface area contributed by atoms with E-state index >= 15 is 0 Å². The molecule has 0 rings (SSSR count). The number of esters is 1. The summed E-state index contributed by atoms with van der Waals surface area (Å²) in [6.45, 7) is 5.51. The van der Waals surface area contributed by atoms with Gasteiger partial charge >= 0.3 is 5.97 Å². The lowest BCUT2D eigenvalue weighted by Gasteiger charge is -2.28. The third-order valence-corrected chi connectivity index (χ3v) is 14.1. The van der Waals surface area contributed by atoms with Gasteiger partial charge in [0, 0.05) is 13.0 Å². The Kier molecular flexibility index (Phi) is 49.5. The number of quaternary nitrogens is 1. The smallest absolute Gasteiger partial charge is 0.306 e. The van der Waals surface area contributed by atoms with E-state index in [1.165, 1.54) is 244 Å². The lowest BCUT2D eigenvalue weighted by molar-refractivity contribution is -0.870. The molecule has 0 aliphatic rings. The number of unbranched alkanes of at least 4 members (excludes halogenated alkanes) is 41. The summed E-state index contributed by atoms with van der Waals surface area (Å²) in [6.07, 6.45) is 57.1. The molecule has 2 atom stereocenters. The second kappa shape index (κ2) is 49.9. The molecule has 390 valence electrons. The Morgan fingerprint density at radius 1 is 0.415 bits per heavy atom. The molecule has 0 fully saturated rings. The molecule has 0 aromatic carbocycles. The van der Waals surface area contributed by atoms with E-state index in [0.29, 0.717) is 24.1 Å². The summed E-state index contributed by atoms with van der Waals surface area (Å²) in [5.41, 5.74) is 0. The van der Waals surface area contributed by atoms with E-state index < -0.39 is 13.9 Å². The van der Waals surface area contributed by atoms with Crippen LogP contribution in [0.3, 0.4) is 0 Å². The van der Waals surface area contributed by atoms with E-state index in [0.717, 1.165) is 32.1 Å². The Morgan fingerprint density at radius 2 is 0.708 bits per heavy atom. The molecule has 2 unspecified atom stereocenters. The highest BCUT2D eigenvalue weighted by molar-refractivity contribution is 7.45. The molecule has 0 aromatic rings. The monoisotopic (exact) mass is 944 g/mol. The van der Waals surface area contributed by atoms with Gasteiger partial charge in [0.25, 0.3) is 7.82 Å². The first-order valence-corrected chi connectivity index (χ1v) is 30.2. The number of rotatable bonds is 55. The van der Waals surface area contributed by atoms with Crippen LogP contribution in [0.25, 0.3) is 0 Å². The van der Waals surface area contributed by atoms with Crippen LogP contribution >= 0.6 is 7.82 Å². The minimum absolute atomic E-state index is 0.0319. The van der Waals surface area contributed by atoms with Crippen LogP contribution in [0.1, 0.15) is 296 Å². The average Bonchev–Trinajstić information content (AvgIpc) is 3.27. The number of nitrogens with zero attached hydrogens (tertiary/aromatic N) is 1. The number of likely N-dealkylation sites (N-methyl/N-ethyl adjacent to an activating group) is 1. The van der Waals surface area contributed by atoms with Crippen molar-refractivity contribution in [1.82, 2.24) is 0 Å². The molecule has 0 amide bonds. The van der Waals surface area contributed by atoms with Crippen LogP contribution in [-0.2, 0) is 27.9 Å². The summed E-state index contributed by atoms with van der Waals surface area (Å²) in [6, 6.07) is 0. The normalized spacial score (nSPS) is 13.4. The highest BCUT2D eigenvalue weighted by Gasteiger charge is 2.20. The highest BCUT2D eigenvalue weighted by Crippen LogP contribution is 2.38. The van der Waals surface area contributed by atoms with Crippen LogP contribution in [-0.4, -0.2) is 70.7 Å². The van der Waals surface area contributed by atoms with Gasteiger partial charge < -0.3 is 27.9 Å². The van der Waals surface area contributed by atoms with E-state index in [1.807, 2.05) is 21.1 Å². The van der Waals surface area contributed by atoms with Crippen molar-refractivity contribution in [1.29, 1.82) is 0 Å². The first kappa shape index (κ1) is 64.5. The molecule has 8 nitrogen and oxygen atoms in total. The molecule has 0 bridgehead atoms. The summed E-state index contributed by atoms with van der Waals surface area (Å²) in [7, 11) is 1.38. The lowest BCUT2D eigenvalue weighted by atomic mass is 10.0. The fourth-order valence-corrected chi connectivity index (χ4v) is 9.46. The van der Waals surface area contributed by atoms with Crippen molar-refractivity contribution < 1.29 is 37.3 Å². The summed E-state index contributed by atoms with van der Waals surface area (Å²) in [5.74, 6) is -0.323. The summed E-state index contributed by atoms with van der Waals surface area (Å²) >= 11 is 0. The van der Waals surface area contributed by atoms with E-state index in [4.69, 9.17) is 18.5 Å². The number of ether oxygens (including phenoxy) is 2. The first-order chi connectivity index (χ1) is 31.6. The van der Waals surface area contributed by atoms with Crippen molar-refractivity contribution in [3.8, 4) is 0 Å². The number of hydrogen-bond donors (Lipinski definition) is 0. The molecule has 0 saturated carbocycles. The second-order valence-corrected chi connectivity index (χ2v) is 22.4. The largest absolute Gasteiger partial charge is 0.756 e. The molecule has 65 heavy (non-hydrogen) atoms. The minimum atomic E-state index is -4.53. The Morgan fingerprint density at radius 3 is 1.02 bits per heavy atom. The van der Waals surface area contributed by atoms with Crippen LogP contribution in [0.2, 0.25) is 0 Å². The van der Waals surface area contributed by atoms with E-state index in [9.17, 15) is 14.3 Å². The fraction of sp³-hybridized carbons (Fsp3) is 0.982. The SMILES string of the molecule is CCCCCCCCCCCCCCCCCCCCCCCCCCCC(=O)OC(COCCCCCCCCCCCCCCCCCCCC)COP(=O)([O-])OCC[N+](C)(C)C. The van der Waals surface area contributed by atoms with Crippen LogP contribution < -0.4 is 4.89 Å². The Bertz CT molecular complexity index is 1010. The maximum atomic E-state index is 12.8. The van der Waals surface area contributed by atoms with Crippen molar-refractivity contribution in [2.75, 3.05) is 54.1 Å². The van der Waals surface area contributed by atoms with Crippen LogP contribution in [0, 0.1) is 0 Å². The molecule has 0 aromatic heterocycles. The van der Waals surface area contributed by atoms with E-state index in [-0.39, 0.29) is 25.8 Å². The van der Waals surface area contributed by atoms with Crippen LogP contribution in [0.4, 0.5) is 0 Å². The zero-order valence-electron chi connectivity index (χ0n) is 44.5. The molecule has 0 saturated heterocycles. The Hall–Kier alpha value is -0.500. The van der Waals surface area contributed by atoms with Gasteiger partial charge in [0.15, 0.2) is 0 Å². The van der Waals surface area contributed by atoms with Crippen LogP contribution in [0.5, 0.6) is 0 Å². The maximum absolute atomic E-state index is 12.8. The van der Waals surface area contributed by atoms with Gasteiger partial charge in [-0.15, -0.1) is 0 Å². The zero-order valence-corrected chi connectivity index (χ0v) is 45.4. The van der Waals surface area contributed by atoms with Crippen LogP contribution in [0.15, 0.2) is 0 Å². The third-order valence-electron chi connectivity index (χ3n) is 13.2. The molecule has 9 heteroatoms. The van der Waals surface area contributed by atoms with Crippen molar-refractivity contribution in [3.63, 3.8) is 0 Å². The lowest BCUT2D eigenvalue weighted by Crippen LogP contribution is -2.37. The predicted molar refractivity (Wildman–Crippen MR) is 278 cm³/mol. The standard InChI is InChI=1S/C56H114NO7P/c1-6-8-10-12-14-16-18-20-22-24-26-27-28-29-30-31-32-33-35-37-39-41-43-45-47-49-56(58)64-55(54-63-65(59,60)62-52-50-57(3,4)5)53-61-51-48-46-44-42-40-38-36-34-25-23-21-19-17-15-13-11-9-7-2/h55H,6-54H2,1-5H3. The Balaban J connectivity index is 3.99. The average molecular weight is 945 g/mol. The highest BCUT2D eigenvalue weighted by atomic mass is 31.2. The van der Waals surface area contributed by atoms with Gasteiger partial charge in [-0.1, -0.05) is 277 Å². The molecule has 0 heterocycles. The van der Waals surface area contributed by atoms with Gasteiger partial charge in [-0.2, -0.15) is 0 Å². The van der Waals surface area contributed by atoms with Gasteiger partial charge in [-0.05, 0) is 12.8 Å². The molecular weight excluding hydrogens is 830 g/mol. The second-order valence-electron chi connectivity index (χ2n) is 21.0. The van der Waals surface area contributed by atoms with Gasteiger partial charge in [0.2, 0.25) is 0 Å². The van der Waals surface area contributed by atoms with Crippen molar-refractivity contribution >= 4 is 13.8 Å².